The van der Waals surface area contributed by atoms with Gasteiger partial charge in [-0.2, -0.15) is 0 Å². The van der Waals surface area contributed by atoms with Crippen molar-refractivity contribution in [2.24, 2.45) is 23.7 Å². The highest BCUT2D eigenvalue weighted by Gasteiger charge is 2.30. The van der Waals surface area contributed by atoms with Gasteiger partial charge >= 0.3 is 0 Å². The van der Waals surface area contributed by atoms with Crippen LogP contribution in [0.15, 0.2) is 0 Å². The van der Waals surface area contributed by atoms with E-state index < -0.39 is 0 Å². The average molecular weight is 250 g/mol. The summed E-state index contributed by atoms with van der Waals surface area (Å²) in [5.41, 5.74) is 0. The predicted molar refractivity (Wildman–Crippen MR) is 74.7 cm³/mol. The molecule has 1 heteroatoms. The third kappa shape index (κ3) is 3.74. The van der Waals surface area contributed by atoms with Gasteiger partial charge in [-0.25, -0.2) is 0 Å². The highest BCUT2D eigenvalue weighted by atomic mass is 19.1. The van der Waals surface area contributed by atoms with Crippen molar-refractivity contribution < 1.29 is 4.39 Å². The van der Waals surface area contributed by atoms with E-state index in [1.165, 1.54) is 51.4 Å². The van der Waals surface area contributed by atoms with E-state index in [-0.39, 0.29) is 0 Å². The van der Waals surface area contributed by atoms with Crippen molar-refractivity contribution in [1.29, 1.82) is 0 Å². The van der Waals surface area contributed by atoms with Gasteiger partial charge in [0.2, 0.25) is 0 Å². The second kappa shape index (κ2) is 7.17. The van der Waals surface area contributed by atoms with Crippen LogP contribution in [0.2, 0.25) is 0 Å². The van der Waals surface area contributed by atoms with Gasteiger partial charge in [-0.05, 0) is 56.3 Å². The minimum atomic E-state index is 0.350. The van der Waals surface area contributed by atoms with Crippen LogP contribution >= 0.6 is 0 Å². The standard InChI is InChI=1S/C17H27F/c1-2-3-14-4-8-16(9-5-14)17-10-6-15(7-11-17)12-13-18/h14-17H,2-11H2,1H3/t14-,15-,16-,17-. The fraction of sp³-hybridized carbons (Fsp3) is 0.882. The van der Waals surface area contributed by atoms with E-state index in [0.29, 0.717) is 5.92 Å². The highest BCUT2D eigenvalue weighted by molar-refractivity contribution is 4.99. The zero-order valence-corrected chi connectivity index (χ0v) is 11.8. The quantitative estimate of drug-likeness (QED) is 0.594. The molecule has 0 amide bonds. The van der Waals surface area contributed by atoms with E-state index in [2.05, 4.69) is 12.8 Å². The zero-order valence-electron chi connectivity index (χ0n) is 11.8. The van der Waals surface area contributed by atoms with Crippen LogP contribution < -0.4 is 0 Å². The smallest absolute Gasteiger partial charge is 0.105 e. The Morgan fingerprint density at radius 3 is 1.94 bits per heavy atom. The molecule has 18 heavy (non-hydrogen) atoms. The first-order valence-electron chi connectivity index (χ1n) is 7.94. The summed E-state index contributed by atoms with van der Waals surface area (Å²) in [5.74, 6) is 5.97. The molecule has 2 fully saturated rings. The second-order valence-corrected chi connectivity index (χ2v) is 6.42. The van der Waals surface area contributed by atoms with Gasteiger partial charge in [-0.15, -0.1) is 4.39 Å². The number of hydrogen-bond donors (Lipinski definition) is 0. The molecule has 2 aliphatic carbocycles. The molecule has 0 aromatic carbocycles. The van der Waals surface area contributed by atoms with Crippen molar-refractivity contribution in [3.05, 3.63) is 0 Å². The topological polar surface area (TPSA) is 0 Å². The molecule has 0 heterocycles. The lowest BCUT2D eigenvalue weighted by atomic mass is 9.69. The lowest BCUT2D eigenvalue weighted by Gasteiger charge is -2.37. The SMILES string of the molecule is CCC[C@H]1CC[C@H]([C@H]2CC[C@H](C#CF)CC2)CC1. The van der Waals surface area contributed by atoms with Crippen molar-refractivity contribution in [2.75, 3.05) is 0 Å². The van der Waals surface area contributed by atoms with Crippen molar-refractivity contribution in [1.82, 2.24) is 0 Å². The van der Waals surface area contributed by atoms with Crippen LogP contribution in [0.3, 0.4) is 0 Å². The number of rotatable bonds is 3. The van der Waals surface area contributed by atoms with E-state index in [4.69, 9.17) is 0 Å². The van der Waals surface area contributed by atoms with Gasteiger partial charge in [0.25, 0.3) is 0 Å². The van der Waals surface area contributed by atoms with E-state index >= 15 is 0 Å². The first kappa shape index (κ1) is 13.9. The summed E-state index contributed by atoms with van der Waals surface area (Å²) in [6.07, 6.45) is 15.1. The Hall–Kier alpha value is -0.510. The Labute approximate surface area is 112 Å². The summed E-state index contributed by atoms with van der Waals surface area (Å²) in [6.45, 7) is 2.30. The molecule has 0 nitrogen and oxygen atoms in total. The summed E-state index contributed by atoms with van der Waals surface area (Å²) in [4.78, 5) is 0. The van der Waals surface area contributed by atoms with Gasteiger partial charge in [-0.3, -0.25) is 0 Å². The molecule has 0 radical (unpaired) electrons. The fourth-order valence-corrected chi connectivity index (χ4v) is 4.17. The van der Waals surface area contributed by atoms with Crippen LogP contribution in [0.5, 0.6) is 0 Å². The number of halogens is 1. The summed E-state index contributed by atoms with van der Waals surface area (Å²) < 4.78 is 12.0. The van der Waals surface area contributed by atoms with Crippen molar-refractivity contribution in [3.8, 4) is 12.1 Å². The molecule has 0 aromatic rings. The molecule has 0 unspecified atom stereocenters. The average Bonchev–Trinajstić information content (AvgIpc) is 2.41. The van der Waals surface area contributed by atoms with Crippen LogP contribution in [0, 0.1) is 35.8 Å². The minimum absolute atomic E-state index is 0.350. The summed E-state index contributed by atoms with van der Waals surface area (Å²) >= 11 is 0. The largest absolute Gasteiger partial charge is 0.144 e. The van der Waals surface area contributed by atoms with E-state index in [0.717, 1.165) is 30.6 Å². The van der Waals surface area contributed by atoms with Crippen LogP contribution in [-0.2, 0) is 0 Å². The Morgan fingerprint density at radius 1 is 0.889 bits per heavy atom. The van der Waals surface area contributed by atoms with E-state index in [9.17, 15) is 4.39 Å². The van der Waals surface area contributed by atoms with Gasteiger partial charge in [0.1, 0.15) is 6.17 Å². The molecular formula is C17H27F. The van der Waals surface area contributed by atoms with Crippen LogP contribution in [0.1, 0.15) is 71.1 Å². The molecule has 0 atom stereocenters. The zero-order chi connectivity index (χ0) is 12.8. The van der Waals surface area contributed by atoms with Crippen molar-refractivity contribution in [3.63, 3.8) is 0 Å². The van der Waals surface area contributed by atoms with Gasteiger partial charge in [0.05, 0.1) is 0 Å². The Balaban J connectivity index is 1.72. The normalized spacial score (nSPS) is 36.8. The molecule has 0 spiro atoms. The van der Waals surface area contributed by atoms with E-state index in [1.54, 1.807) is 6.17 Å². The molecule has 102 valence electrons. The maximum Gasteiger partial charge on any atom is 0.105 e. The summed E-state index contributed by atoms with van der Waals surface area (Å²) in [5, 5.41) is 0. The van der Waals surface area contributed by atoms with Crippen molar-refractivity contribution in [2.45, 2.75) is 71.1 Å². The Bertz CT molecular complexity index is 282. The van der Waals surface area contributed by atoms with Gasteiger partial charge in [-0.1, -0.05) is 38.5 Å². The first-order chi connectivity index (χ1) is 8.83. The lowest BCUT2D eigenvalue weighted by molar-refractivity contribution is 0.153. The third-order valence-corrected chi connectivity index (χ3v) is 5.29. The monoisotopic (exact) mass is 250 g/mol. The van der Waals surface area contributed by atoms with Crippen molar-refractivity contribution >= 4 is 0 Å². The molecule has 0 aliphatic heterocycles. The summed E-state index contributed by atoms with van der Waals surface area (Å²) in [6, 6.07) is 0. The first-order valence-corrected chi connectivity index (χ1v) is 7.94. The Kier molecular flexibility index (Phi) is 5.54. The minimum Gasteiger partial charge on any atom is -0.144 e. The number of hydrogen-bond acceptors (Lipinski definition) is 0. The highest BCUT2D eigenvalue weighted by Crippen LogP contribution is 2.41. The molecule has 2 saturated carbocycles. The predicted octanol–water partition coefficient (Wildman–Crippen LogP) is 5.33. The van der Waals surface area contributed by atoms with Crippen LogP contribution in [0.25, 0.3) is 0 Å². The third-order valence-electron chi connectivity index (χ3n) is 5.29. The molecule has 0 N–H and O–H groups in total. The maximum atomic E-state index is 12.0. The summed E-state index contributed by atoms with van der Waals surface area (Å²) in [7, 11) is 0. The molecule has 2 aliphatic rings. The maximum absolute atomic E-state index is 12.0. The lowest BCUT2D eigenvalue weighted by Crippen LogP contribution is -2.25. The van der Waals surface area contributed by atoms with Gasteiger partial charge in [0.15, 0.2) is 0 Å². The molecule has 2 rings (SSSR count). The van der Waals surface area contributed by atoms with Gasteiger partial charge in [0, 0.05) is 5.92 Å². The molecule has 0 saturated heterocycles. The molecular weight excluding hydrogens is 223 g/mol. The second-order valence-electron chi connectivity index (χ2n) is 6.42. The van der Waals surface area contributed by atoms with Gasteiger partial charge < -0.3 is 0 Å². The van der Waals surface area contributed by atoms with Crippen LogP contribution in [-0.4, -0.2) is 0 Å². The fourth-order valence-electron chi connectivity index (χ4n) is 4.17. The van der Waals surface area contributed by atoms with E-state index in [1.807, 2.05) is 0 Å². The molecule has 0 bridgehead atoms. The molecule has 0 aromatic heterocycles. The Morgan fingerprint density at radius 2 is 1.44 bits per heavy atom. The van der Waals surface area contributed by atoms with Crippen LogP contribution in [0.4, 0.5) is 4.39 Å².